The Morgan fingerprint density at radius 1 is 1.28 bits per heavy atom. The lowest BCUT2D eigenvalue weighted by atomic mass is 10.0. The predicted octanol–water partition coefficient (Wildman–Crippen LogP) is 2.59. The van der Waals surface area contributed by atoms with Crippen molar-refractivity contribution in [2.24, 2.45) is 4.99 Å². The fourth-order valence-corrected chi connectivity index (χ4v) is 3.23. The molecular formula is C14H18BrN3. The molecule has 2 aliphatic rings. The Bertz CT molecular complexity index is 452. The lowest BCUT2D eigenvalue weighted by Gasteiger charge is -2.28. The SMILES string of the molecule is Brc1cccc(C(C2=NCCN2)N2CCCC2)c1. The highest BCUT2D eigenvalue weighted by Gasteiger charge is 2.29. The molecule has 1 atom stereocenters. The van der Waals surface area contributed by atoms with Crippen molar-refractivity contribution in [2.75, 3.05) is 26.2 Å². The van der Waals surface area contributed by atoms with Gasteiger partial charge in [-0.25, -0.2) is 0 Å². The van der Waals surface area contributed by atoms with E-state index < -0.39 is 0 Å². The first-order chi connectivity index (χ1) is 8.84. The number of nitrogens with zero attached hydrogens (tertiary/aromatic N) is 2. The highest BCUT2D eigenvalue weighted by Crippen LogP contribution is 2.28. The molecule has 0 saturated carbocycles. The minimum absolute atomic E-state index is 0.312. The van der Waals surface area contributed by atoms with E-state index in [0.717, 1.165) is 23.4 Å². The van der Waals surface area contributed by atoms with Crippen LogP contribution >= 0.6 is 15.9 Å². The van der Waals surface area contributed by atoms with Crippen molar-refractivity contribution in [2.45, 2.75) is 18.9 Å². The first-order valence-electron chi connectivity index (χ1n) is 6.62. The number of aliphatic imine (C=N–C) groups is 1. The van der Waals surface area contributed by atoms with Crippen LogP contribution in [0.15, 0.2) is 33.7 Å². The molecule has 3 rings (SSSR count). The molecule has 1 unspecified atom stereocenters. The molecule has 1 aromatic carbocycles. The average molecular weight is 308 g/mol. The van der Waals surface area contributed by atoms with Gasteiger partial charge in [-0.15, -0.1) is 0 Å². The summed E-state index contributed by atoms with van der Waals surface area (Å²) in [6.07, 6.45) is 2.61. The molecule has 4 heteroatoms. The second kappa shape index (κ2) is 5.41. The van der Waals surface area contributed by atoms with Crippen LogP contribution in [0.3, 0.4) is 0 Å². The van der Waals surface area contributed by atoms with Crippen molar-refractivity contribution >= 4 is 21.8 Å². The number of benzene rings is 1. The van der Waals surface area contributed by atoms with E-state index in [2.05, 4.69) is 55.4 Å². The number of nitrogens with one attached hydrogen (secondary N) is 1. The van der Waals surface area contributed by atoms with E-state index in [1.165, 1.54) is 31.5 Å². The summed E-state index contributed by atoms with van der Waals surface area (Å²) in [5.74, 6) is 1.15. The molecule has 0 spiro atoms. The summed E-state index contributed by atoms with van der Waals surface area (Å²) < 4.78 is 1.14. The first-order valence-corrected chi connectivity index (χ1v) is 7.41. The molecule has 1 aromatic rings. The maximum Gasteiger partial charge on any atom is 0.119 e. The molecule has 96 valence electrons. The van der Waals surface area contributed by atoms with Gasteiger partial charge in [0.25, 0.3) is 0 Å². The number of hydrogen-bond donors (Lipinski definition) is 1. The van der Waals surface area contributed by atoms with Gasteiger partial charge in [-0.2, -0.15) is 0 Å². The van der Waals surface area contributed by atoms with Gasteiger partial charge in [0.15, 0.2) is 0 Å². The summed E-state index contributed by atoms with van der Waals surface area (Å²) in [6, 6.07) is 8.92. The van der Waals surface area contributed by atoms with Crippen LogP contribution in [-0.4, -0.2) is 36.9 Å². The maximum absolute atomic E-state index is 4.64. The third-order valence-electron chi connectivity index (χ3n) is 3.63. The highest BCUT2D eigenvalue weighted by molar-refractivity contribution is 9.10. The van der Waals surface area contributed by atoms with Crippen LogP contribution in [0.25, 0.3) is 0 Å². The Balaban J connectivity index is 1.93. The molecule has 0 amide bonds. The standard InChI is InChI=1S/C14H18BrN3/c15-12-5-3-4-11(10-12)13(14-16-6-7-17-14)18-8-1-2-9-18/h3-5,10,13H,1-2,6-9H2,(H,16,17). The van der Waals surface area contributed by atoms with Crippen LogP contribution in [0.5, 0.6) is 0 Å². The monoisotopic (exact) mass is 307 g/mol. The fraction of sp³-hybridized carbons (Fsp3) is 0.500. The maximum atomic E-state index is 4.64. The van der Waals surface area contributed by atoms with Gasteiger partial charge in [-0.05, 0) is 43.6 Å². The average Bonchev–Trinajstić information content (AvgIpc) is 3.02. The van der Waals surface area contributed by atoms with Crippen molar-refractivity contribution in [3.05, 3.63) is 34.3 Å². The van der Waals surface area contributed by atoms with Gasteiger partial charge in [0.1, 0.15) is 5.84 Å². The molecule has 2 aliphatic heterocycles. The molecular weight excluding hydrogens is 290 g/mol. The number of halogens is 1. The molecule has 1 N–H and O–H groups in total. The van der Waals surface area contributed by atoms with Crippen LogP contribution in [0, 0.1) is 0 Å². The zero-order valence-electron chi connectivity index (χ0n) is 10.4. The highest BCUT2D eigenvalue weighted by atomic mass is 79.9. The van der Waals surface area contributed by atoms with Crippen molar-refractivity contribution in [3.63, 3.8) is 0 Å². The molecule has 0 bridgehead atoms. The molecule has 1 saturated heterocycles. The summed E-state index contributed by atoms with van der Waals surface area (Å²) in [5.41, 5.74) is 1.33. The minimum Gasteiger partial charge on any atom is -0.370 e. The normalized spacial score (nSPS) is 21.7. The van der Waals surface area contributed by atoms with Crippen LogP contribution in [-0.2, 0) is 0 Å². The predicted molar refractivity (Wildman–Crippen MR) is 78.0 cm³/mol. The molecule has 18 heavy (non-hydrogen) atoms. The van der Waals surface area contributed by atoms with Gasteiger partial charge >= 0.3 is 0 Å². The quantitative estimate of drug-likeness (QED) is 0.929. The van der Waals surface area contributed by atoms with E-state index in [-0.39, 0.29) is 0 Å². The fourth-order valence-electron chi connectivity index (χ4n) is 2.82. The summed E-state index contributed by atoms with van der Waals surface area (Å²) in [6.45, 7) is 4.25. The lowest BCUT2D eigenvalue weighted by molar-refractivity contribution is 0.301. The Morgan fingerprint density at radius 3 is 2.78 bits per heavy atom. The number of amidine groups is 1. The van der Waals surface area contributed by atoms with Crippen molar-refractivity contribution in [3.8, 4) is 0 Å². The molecule has 2 heterocycles. The molecule has 0 aliphatic carbocycles. The number of hydrogen-bond acceptors (Lipinski definition) is 3. The lowest BCUT2D eigenvalue weighted by Crippen LogP contribution is -2.37. The van der Waals surface area contributed by atoms with Crippen molar-refractivity contribution in [1.82, 2.24) is 10.2 Å². The molecule has 3 nitrogen and oxygen atoms in total. The zero-order valence-corrected chi connectivity index (χ0v) is 12.0. The molecule has 0 aromatic heterocycles. The second-order valence-electron chi connectivity index (χ2n) is 4.89. The minimum atomic E-state index is 0.312. The summed E-state index contributed by atoms with van der Waals surface area (Å²) in [4.78, 5) is 7.18. The Hall–Kier alpha value is -0.870. The van der Waals surface area contributed by atoms with Crippen molar-refractivity contribution < 1.29 is 0 Å². The smallest absolute Gasteiger partial charge is 0.119 e. The van der Waals surface area contributed by atoms with E-state index in [1.807, 2.05) is 0 Å². The van der Waals surface area contributed by atoms with E-state index in [4.69, 9.17) is 0 Å². The topological polar surface area (TPSA) is 27.6 Å². The van der Waals surface area contributed by atoms with E-state index in [9.17, 15) is 0 Å². The van der Waals surface area contributed by atoms with Gasteiger partial charge in [-0.3, -0.25) is 9.89 Å². The van der Waals surface area contributed by atoms with E-state index in [0.29, 0.717) is 6.04 Å². The van der Waals surface area contributed by atoms with Gasteiger partial charge in [0, 0.05) is 11.0 Å². The number of likely N-dealkylation sites (tertiary alicyclic amines) is 1. The van der Waals surface area contributed by atoms with Gasteiger partial charge in [0.2, 0.25) is 0 Å². The van der Waals surface area contributed by atoms with Crippen LogP contribution < -0.4 is 5.32 Å². The molecule has 1 fully saturated rings. The molecule has 0 radical (unpaired) electrons. The summed E-state index contributed by atoms with van der Waals surface area (Å²) in [5, 5.41) is 3.44. The third kappa shape index (κ3) is 2.45. The summed E-state index contributed by atoms with van der Waals surface area (Å²) in [7, 11) is 0. The van der Waals surface area contributed by atoms with Gasteiger partial charge in [0.05, 0.1) is 12.6 Å². The van der Waals surface area contributed by atoms with Crippen LogP contribution in [0.1, 0.15) is 24.4 Å². The Labute approximate surface area is 116 Å². The first kappa shape index (κ1) is 12.2. The Kier molecular flexibility index (Phi) is 3.66. The van der Waals surface area contributed by atoms with E-state index in [1.54, 1.807) is 0 Å². The third-order valence-corrected chi connectivity index (χ3v) is 4.12. The van der Waals surface area contributed by atoms with Crippen LogP contribution in [0.4, 0.5) is 0 Å². The van der Waals surface area contributed by atoms with Crippen LogP contribution in [0.2, 0.25) is 0 Å². The Morgan fingerprint density at radius 2 is 2.11 bits per heavy atom. The summed E-state index contributed by atoms with van der Waals surface area (Å²) >= 11 is 3.57. The van der Waals surface area contributed by atoms with Gasteiger partial charge < -0.3 is 5.32 Å². The van der Waals surface area contributed by atoms with E-state index >= 15 is 0 Å². The largest absolute Gasteiger partial charge is 0.370 e. The zero-order chi connectivity index (χ0) is 12.4. The number of rotatable bonds is 3. The van der Waals surface area contributed by atoms with Gasteiger partial charge in [-0.1, -0.05) is 28.1 Å². The second-order valence-corrected chi connectivity index (χ2v) is 5.81. The van der Waals surface area contributed by atoms with Crippen molar-refractivity contribution in [1.29, 1.82) is 0 Å².